The number of unbranched alkanes of at least 4 members (excludes halogenated alkanes) is 6. The SMILES string of the molecule is CCCCCCOc1ccc(N(c2ccc(OCCCCCC)cc2)c2ccc(-c3ccc(-c4ccc(-c5ccc(C6=C7CCCC7=C(/C=C/C(=O)O)[P+]6([S-])c6ccccc6)s5)s4)s3)cc2)cc1. The quantitative estimate of drug-likeness (QED) is 0.0316. The Labute approximate surface area is 420 Å². The minimum absolute atomic E-state index is 0.738. The van der Waals surface area contributed by atoms with Crippen molar-refractivity contribution in [2.45, 2.75) is 84.5 Å². The zero-order valence-corrected chi connectivity index (χ0v) is 43.0. The van der Waals surface area contributed by atoms with Gasteiger partial charge >= 0.3 is 5.97 Å². The van der Waals surface area contributed by atoms with Crippen LogP contribution in [0.4, 0.5) is 17.1 Å². The minimum Gasteiger partial charge on any atom is -0.540 e. The van der Waals surface area contributed by atoms with E-state index in [0.29, 0.717) is 0 Å². The molecule has 0 radical (unpaired) electrons. The number of benzene rings is 4. The van der Waals surface area contributed by atoms with Gasteiger partial charge in [-0.25, -0.2) is 4.79 Å². The molecule has 1 aliphatic carbocycles. The van der Waals surface area contributed by atoms with E-state index in [4.69, 9.17) is 21.7 Å². The number of hydrogen-bond acceptors (Lipinski definition) is 8. The van der Waals surface area contributed by atoms with Gasteiger partial charge in [0.1, 0.15) is 16.8 Å². The number of ether oxygens (including phenoxy) is 2. The Morgan fingerprint density at radius 1 is 0.588 bits per heavy atom. The van der Waals surface area contributed by atoms with Crippen LogP contribution in [-0.4, -0.2) is 24.3 Å². The molecule has 4 heterocycles. The van der Waals surface area contributed by atoms with Crippen molar-refractivity contribution in [2.24, 2.45) is 0 Å². The van der Waals surface area contributed by atoms with E-state index in [0.717, 1.165) is 84.5 Å². The summed E-state index contributed by atoms with van der Waals surface area (Å²) in [5.41, 5.74) is 7.00. The Morgan fingerprint density at radius 3 is 1.59 bits per heavy atom. The molecule has 4 aromatic carbocycles. The Bertz CT molecular complexity index is 2830. The van der Waals surface area contributed by atoms with Crippen LogP contribution in [0.3, 0.4) is 0 Å². The van der Waals surface area contributed by atoms with Gasteiger partial charge in [-0.2, -0.15) is 0 Å². The van der Waals surface area contributed by atoms with Crippen LogP contribution in [0.1, 0.15) is 89.4 Å². The molecule has 1 fully saturated rings. The van der Waals surface area contributed by atoms with Gasteiger partial charge in [0, 0.05) is 58.7 Å². The van der Waals surface area contributed by atoms with Crippen molar-refractivity contribution in [3.8, 4) is 41.4 Å². The molecule has 7 aromatic rings. The largest absolute Gasteiger partial charge is 0.540 e. The molecular formula is C58H58NO4PS4. The maximum atomic E-state index is 11.8. The second kappa shape index (κ2) is 22.5. The maximum Gasteiger partial charge on any atom is 0.328 e. The molecule has 0 saturated heterocycles. The number of aliphatic carboxylic acids is 1. The van der Waals surface area contributed by atoms with Crippen molar-refractivity contribution in [3.05, 3.63) is 173 Å². The van der Waals surface area contributed by atoms with Gasteiger partial charge < -0.3 is 31.7 Å². The molecule has 2 aliphatic rings. The van der Waals surface area contributed by atoms with E-state index < -0.39 is 12.4 Å². The Kier molecular flexibility index (Phi) is 15.9. The first-order chi connectivity index (χ1) is 33.3. The average molecular weight is 992 g/mol. The number of allylic oxidation sites excluding steroid dienone is 4. The van der Waals surface area contributed by atoms with Crippen molar-refractivity contribution in [2.75, 3.05) is 18.1 Å². The number of rotatable bonds is 22. The van der Waals surface area contributed by atoms with E-state index in [1.54, 1.807) is 6.08 Å². The number of thiophene rings is 3. The minimum atomic E-state index is -2.46. The van der Waals surface area contributed by atoms with Crippen LogP contribution in [0.25, 0.3) is 35.3 Å². The first-order valence-electron chi connectivity index (χ1n) is 24.1. The van der Waals surface area contributed by atoms with Gasteiger partial charge in [0.15, 0.2) is 0 Å². The van der Waals surface area contributed by atoms with Crippen LogP contribution in [0.2, 0.25) is 0 Å². The molecule has 1 N–H and O–H groups in total. The maximum absolute atomic E-state index is 11.8. The molecule has 5 nitrogen and oxygen atoms in total. The molecule has 1 aliphatic heterocycles. The van der Waals surface area contributed by atoms with E-state index >= 15 is 0 Å². The Balaban J connectivity index is 0.932. The molecule has 0 amide bonds. The second-order valence-electron chi connectivity index (χ2n) is 17.3. The van der Waals surface area contributed by atoms with E-state index in [1.807, 2.05) is 40.1 Å². The van der Waals surface area contributed by atoms with E-state index in [-0.39, 0.29) is 0 Å². The molecule has 0 spiro atoms. The van der Waals surface area contributed by atoms with Crippen LogP contribution in [-0.2, 0) is 17.0 Å². The lowest BCUT2D eigenvalue weighted by Gasteiger charge is -2.33. The summed E-state index contributed by atoms with van der Waals surface area (Å²) in [6.45, 7) is 3.48. The van der Waals surface area contributed by atoms with Gasteiger partial charge in [0.25, 0.3) is 0 Å². The second-order valence-corrected chi connectivity index (χ2v) is 24.9. The van der Waals surface area contributed by atoms with Crippen LogP contribution in [0, 0.1) is 0 Å². The third kappa shape index (κ3) is 10.7. The van der Waals surface area contributed by atoms with Crippen molar-refractivity contribution < 1.29 is 19.4 Å². The smallest absolute Gasteiger partial charge is 0.328 e. The molecule has 1 saturated carbocycles. The molecule has 0 bridgehead atoms. The van der Waals surface area contributed by atoms with Crippen molar-refractivity contribution in [1.82, 2.24) is 0 Å². The van der Waals surface area contributed by atoms with Gasteiger partial charge in [-0.05, 0) is 159 Å². The predicted molar refractivity (Wildman–Crippen MR) is 295 cm³/mol. The van der Waals surface area contributed by atoms with Gasteiger partial charge in [0.2, 0.25) is 0 Å². The topological polar surface area (TPSA) is 59.0 Å². The van der Waals surface area contributed by atoms with E-state index in [9.17, 15) is 9.90 Å². The summed E-state index contributed by atoms with van der Waals surface area (Å²) >= 11 is 12.2. The molecule has 1 unspecified atom stereocenters. The fraction of sp³-hybridized carbons (Fsp3) is 0.259. The van der Waals surface area contributed by atoms with E-state index in [2.05, 4.69) is 152 Å². The standard InChI is InChI=1S/C58H58NO4PS4/c1-3-5-7-12-39-62-45-27-23-43(24-28-45)59(44-25-29-46(30-26-44)63-40-13-8-6-4-2)42-21-19-41(20-22-42)51-32-33-52(66-51)53-34-35-54(67-53)55-36-37-56(68-55)58-49-18-14-17-48(49)50(31-38-57(60)61)64(58,65)47-15-10-9-11-16-47/h9-11,15-16,19-38H,3-8,12-14,17-18,39-40H2,1-2H3,(H,60,61)/b38-31+. The van der Waals surface area contributed by atoms with Crippen LogP contribution in [0.15, 0.2) is 168 Å². The molecule has 9 rings (SSSR count). The third-order valence-corrected chi connectivity index (χ3v) is 21.5. The summed E-state index contributed by atoms with van der Waals surface area (Å²) in [6, 6.07) is 49.7. The number of fused-ring (bicyclic) bond motifs is 1. The molecule has 3 aromatic heterocycles. The number of anilines is 3. The van der Waals surface area contributed by atoms with Gasteiger partial charge in [-0.3, -0.25) is 0 Å². The first kappa shape index (κ1) is 47.9. The van der Waals surface area contributed by atoms with Crippen LogP contribution < -0.4 is 19.7 Å². The van der Waals surface area contributed by atoms with Crippen LogP contribution >= 0.6 is 40.5 Å². The number of carboxylic acids is 1. The molecule has 68 heavy (non-hydrogen) atoms. The van der Waals surface area contributed by atoms with Crippen molar-refractivity contribution in [3.63, 3.8) is 0 Å². The summed E-state index contributed by atoms with van der Waals surface area (Å²) in [6.07, 6.45) is 15.5. The fourth-order valence-electron chi connectivity index (χ4n) is 9.22. The lowest BCUT2D eigenvalue weighted by Crippen LogP contribution is -2.10. The zero-order valence-electron chi connectivity index (χ0n) is 38.8. The summed E-state index contributed by atoms with van der Waals surface area (Å²) in [7, 11) is 0. The summed E-state index contributed by atoms with van der Waals surface area (Å²) in [4.78, 5) is 21.4. The predicted octanol–water partition coefficient (Wildman–Crippen LogP) is 17.9. The average Bonchev–Trinajstić information content (AvgIpc) is 4.23. The summed E-state index contributed by atoms with van der Waals surface area (Å²) in [5, 5.41) is 13.1. The molecule has 10 heteroatoms. The third-order valence-electron chi connectivity index (χ3n) is 12.6. The highest BCUT2D eigenvalue weighted by Gasteiger charge is 2.48. The summed E-state index contributed by atoms with van der Waals surface area (Å²) in [5.74, 6) is 0.846. The first-order valence-corrected chi connectivity index (χ1v) is 29.3. The highest BCUT2D eigenvalue weighted by molar-refractivity contribution is 8.51. The monoisotopic (exact) mass is 991 g/mol. The number of carbonyl (C=O) groups is 1. The van der Waals surface area contributed by atoms with Crippen molar-refractivity contribution >= 4 is 86.4 Å². The normalized spacial score (nSPS) is 15.7. The number of nitrogens with zero attached hydrogens (tertiary/aromatic N) is 1. The molecule has 348 valence electrons. The van der Waals surface area contributed by atoms with Gasteiger partial charge in [-0.1, -0.05) is 82.7 Å². The van der Waals surface area contributed by atoms with Gasteiger partial charge in [-0.15, -0.1) is 34.0 Å². The highest BCUT2D eigenvalue weighted by Crippen LogP contribution is 2.80. The highest BCUT2D eigenvalue weighted by atomic mass is 32.7. The van der Waals surface area contributed by atoms with Crippen molar-refractivity contribution in [1.29, 1.82) is 0 Å². The zero-order chi connectivity index (χ0) is 46.9. The number of hydrogen-bond donors (Lipinski definition) is 1. The molecular weight excluding hydrogens is 934 g/mol. The summed E-state index contributed by atoms with van der Waals surface area (Å²) < 4.78 is 12.2. The molecule has 1 atom stereocenters. The Morgan fingerprint density at radius 2 is 1.06 bits per heavy atom. The van der Waals surface area contributed by atoms with Crippen LogP contribution in [0.5, 0.6) is 11.5 Å². The Hall–Kier alpha value is -5.15. The lowest BCUT2D eigenvalue weighted by molar-refractivity contribution is -0.131. The fourth-order valence-corrected chi connectivity index (χ4v) is 17.9. The van der Waals surface area contributed by atoms with Gasteiger partial charge in [0.05, 0.1) is 28.7 Å². The van der Waals surface area contributed by atoms with E-state index in [1.165, 1.54) is 95.9 Å². The lowest BCUT2D eigenvalue weighted by atomic mass is 10.1. The number of carboxylic acid groups (broad SMARTS) is 1.